The van der Waals surface area contributed by atoms with E-state index in [-0.39, 0.29) is 0 Å². The molecule has 2 rings (SSSR count). The molecule has 1 aliphatic rings. The van der Waals surface area contributed by atoms with Gasteiger partial charge < -0.3 is 19.8 Å². The number of nitrogens with zero attached hydrogens (tertiary/aromatic N) is 1. The molecule has 1 saturated carbocycles. The summed E-state index contributed by atoms with van der Waals surface area (Å²) in [7, 11) is 0. The molecule has 0 saturated heterocycles. The average Bonchev–Trinajstić information content (AvgIpc) is 3.20. The lowest BCUT2D eigenvalue weighted by Gasteiger charge is -2.12. The standard InChI is InChI=1S/C17H29N3O2/c1-2-18-17(20-12-10-16-9-5-13-21-16)19-11-6-14-22-15-7-3-4-8-15/h5,9,13,15H,2-4,6-8,10-12,14H2,1H3,(H2,18,19,20). The maximum absolute atomic E-state index is 5.85. The molecule has 1 aromatic heterocycles. The molecule has 0 atom stereocenters. The predicted octanol–water partition coefficient (Wildman–Crippen LogP) is 2.73. The number of hydrogen-bond acceptors (Lipinski definition) is 3. The maximum atomic E-state index is 5.85. The number of rotatable bonds is 9. The zero-order valence-electron chi connectivity index (χ0n) is 13.6. The van der Waals surface area contributed by atoms with E-state index in [4.69, 9.17) is 9.15 Å². The van der Waals surface area contributed by atoms with Crippen molar-refractivity contribution in [3.05, 3.63) is 24.2 Å². The molecule has 0 amide bonds. The zero-order valence-corrected chi connectivity index (χ0v) is 13.6. The van der Waals surface area contributed by atoms with Crippen LogP contribution in [0.1, 0.15) is 44.8 Å². The zero-order chi connectivity index (χ0) is 15.5. The van der Waals surface area contributed by atoms with Gasteiger partial charge >= 0.3 is 0 Å². The molecular weight excluding hydrogens is 278 g/mol. The lowest BCUT2D eigenvalue weighted by Crippen LogP contribution is -2.38. The van der Waals surface area contributed by atoms with Gasteiger partial charge in [-0.3, -0.25) is 4.99 Å². The van der Waals surface area contributed by atoms with Crippen LogP contribution in [0.4, 0.5) is 0 Å². The summed E-state index contributed by atoms with van der Waals surface area (Å²) >= 11 is 0. The van der Waals surface area contributed by atoms with Crippen molar-refractivity contribution in [1.29, 1.82) is 0 Å². The molecule has 0 radical (unpaired) electrons. The van der Waals surface area contributed by atoms with Crippen LogP contribution in [0, 0.1) is 0 Å². The average molecular weight is 307 g/mol. The summed E-state index contributed by atoms with van der Waals surface area (Å²) in [6, 6.07) is 3.91. The third kappa shape index (κ3) is 6.52. The van der Waals surface area contributed by atoms with Gasteiger partial charge in [-0.05, 0) is 38.3 Å². The van der Waals surface area contributed by atoms with Gasteiger partial charge in [-0.15, -0.1) is 0 Å². The second kappa shape index (κ2) is 10.3. The lowest BCUT2D eigenvalue weighted by molar-refractivity contribution is 0.0579. The maximum Gasteiger partial charge on any atom is 0.191 e. The summed E-state index contributed by atoms with van der Waals surface area (Å²) < 4.78 is 11.2. The van der Waals surface area contributed by atoms with Gasteiger partial charge in [0.15, 0.2) is 5.96 Å². The second-order valence-corrected chi connectivity index (χ2v) is 5.65. The Bertz CT molecular complexity index is 412. The highest BCUT2D eigenvalue weighted by atomic mass is 16.5. The van der Waals surface area contributed by atoms with Crippen molar-refractivity contribution in [2.75, 3.05) is 26.2 Å². The summed E-state index contributed by atoms with van der Waals surface area (Å²) in [5.41, 5.74) is 0. The van der Waals surface area contributed by atoms with E-state index in [0.29, 0.717) is 6.10 Å². The minimum absolute atomic E-state index is 0.503. The van der Waals surface area contributed by atoms with Crippen LogP contribution in [0.3, 0.4) is 0 Å². The van der Waals surface area contributed by atoms with Crippen LogP contribution in [-0.2, 0) is 11.2 Å². The summed E-state index contributed by atoms with van der Waals surface area (Å²) in [5, 5.41) is 6.59. The number of aliphatic imine (C=N–C) groups is 1. The second-order valence-electron chi connectivity index (χ2n) is 5.65. The first-order valence-electron chi connectivity index (χ1n) is 8.54. The molecule has 1 heterocycles. The molecular formula is C17H29N3O2. The van der Waals surface area contributed by atoms with E-state index in [2.05, 4.69) is 22.5 Å². The van der Waals surface area contributed by atoms with Gasteiger partial charge in [-0.1, -0.05) is 12.8 Å². The van der Waals surface area contributed by atoms with Gasteiger partial charge in [0.05, 0.1) is 12.4 Å². The van der Waals surface area contributed by atoms with Crippen LogP contribution in [0.25, 0.3) is 0 Å². The summed E-state index contributed by atoms with van der Waals surface area (Å²) in [6.07, 6.45) is 9.18. The van der Waals surface area contributed by atoms with Crippen molar-refractivity contribution in [3.63, 3.8) is 0 Å². The van der Waals surface area contributed by atoms with Crippen molar-refractivity contribution in [2.45, 2.75) is 51.6 Å². The molecule has 0 bridgehead atoms. The Labute approximate surface area is 133 Å². The highest BCUT2D eigenvalue weighted by molar-refractivity contribution is 5.79. The highest BCUT2D eigenvalue weighted by Gasteiger charge is 2.14. The van der Waals surface area contributed by atoms with Gasteiger partial charge in [-0.2, -0.15) is 0 Å². The van der Waals surface area contributed by atoms with Crippen LogP contribution < -0.4 is 10.6 Å². The molecule has 124 valence electrons. The van der Waals surface area contributed by atoms with Crippen LogP contribution in [-0.4, -0.2) is 38.3 Å². The third-order valence-electron chi connectivity index (χ3n) is 3.82. The Kier molecular flexibility index (Phi) is 7.88. The SMILES string of the molecule is CCNC(=NCCCOC1CCCC1)NCCc1ccco1. The number of nitrogens with one attached hydrogen (secondary N) is 2. The molecule has 0 aromatic carbocycles. The van der Waals surface area contributed by atoms with Gasteiger partial charge in [0.25, 0.3) is 0 Å². The molecule has 1 aliphatic carbocycles. The normalized spacial score (nSPS) is 16.1. The van der Waals surface area contributed by atoms with Gasteiger partial charge in [0.1, 0.15) is 5.76 Å². The first-order valence-corrected chi connectivity index (χ1v) is 8.54. The Morgan fingerprint density at radius 3 is 2.95 bits per heavy atom. The third-order valence-corrected chi connectivity index (χ3v) is 3.82. The van der Waals surface area contributed by atoms with E-state index in [1.54, 1.807) is 6.26 Å². The molecule has 0 aliphatic heterocycles. The fourth-order valence-electron chi connectivity index (χ4n) is 2.66. The summed E-state index contributed by atoms with van der Waals surface area (Å²) in [6.45, 7) is 5.37. The molecule has 2 N–H and O–H groups in total. The smallest absolute Gasteiger partial charge is 0.191 e. The quantitative estimate of drug-likeness (QED) is 0.418. The van der Waals surface area contributed by atoms with Crippen LogP contribution in [0.15, 0.2) is 27.8 Å². The van der Waals surface area contributed by atoms with E-state index >= 15 is 0 Å². The number of hydrogen-bond donors (Lipinski definition) is 2. The van der Waals surface area contributed by atoms with E-state index < -0.39 is 0 Å². The van der Waals surface area contributed by atoms with Crippen LogP contribution in [0.5, 0.6) is 0 Å². The van der Waals surface area contributed by atoms with E-state index in [0.717, 1.165) is 50.8 Å². The number of furan rings is 1. The molecule has 22 heavy (non-hydrogen) atoms. The molecule has 1 aromatic rings. The number of guanidine groups is 1. The first-order chi connectivity index (χ1) is 10.9. The van der Waals surface area contributed by atoms with Crippen molar-refractivity contribution >= 4 is 5.96 Å². The Balaban J connectivity index is 1.58. The largest absolute Gasteiger partial charge is 0.469 e. The van der Waals surface area contributed by atoms with Gasteiger partial charge in [-0.25, -0.2) is 0 Å². The molecule has 0 spiro atoms. The molecule has 1 fully saturated rings. The monoisotopic (exact) mass is 307 g/mol. The minimum Gasteiger partial charge on any atom is -0.469 e. The van der Waals surface area contributed by atoms with E-state index in [1.165, 1.54) is 25.7 Å². The van der Waals surface area contributed by atoms with E-state index in [1.807, 2.05) is 12.1 Å². The fourth-order valence-corrected chi connectivity index (χ4v) is 2.66. The number of ether oxygens (including phenoxy) is 1. The van der Waals surface area contributed by atoms with Crippen LogP contribution >= 0.6 is 0 Å². The molecule has 5 nitrogen and oxygen atoms in total. The Morgan fingerprint density at radius 2 is 2.23 bits per heavy atom. The molecule has 5 heteroatoms. The Morgan fingerprint density at radius 1 is 1.36 bits per heavy atom. The Hall–Kier alpha value is -1.49. The van der Waals surface area contributed by atoms with Crippen molar-refractivity contribution in [2.24, 2.45) is 4.99 Å². The van der Waals surface area contributed by atoms with Gasteiger partial charge in [0.2, 0.25) is 0 Å². The molecule has 0 unspecified atom stereocenters. The van der Waals surface area contributed by atoms with Gasteiger partial charge in [0, 0.05) is 32.7 Å². The van der Waals surface area contributed by atoms with Crippen molar-refractivity contribution in [1.82, 2.24) is 10.6 Å². The lowest BCUT2D eigenvalue weighted by atomic mass is 10.3. The van der Waals surface area contributed by atoms with Crippen molar-refractivity contribution in [3.8, 4) is 0 Å². The van der Waals surface area contributed by atoms with E-state index in [9.17, 15) is 0 Å². The fraction of sp³-hybridized carbons (Fsp3) is 0.706. The van der Waals surface area contributed by atoms with Crippen molar-refractivity contribution < 1.29 is 9.15 Å². The summed E-state index contributed by atoms with van der Waals surface area (Å²) in [5.74, 6) is 1.86. The topological polar surface area (TPSA) is 58.8 Å². The predicted molar refractivity (Wildman–Crippen MR) is 89.2 cm³/mol. The minimum atomic E-state index is 0.503. The first kappa shape index (κ1) is 16.9. The van der Waals surface area contributed by atoms with Crippen LogP contribution in [0.2, 0.25) is 0 Å². The highest BCUT2D eigenvalue weighted by Crippen LogP contribution is 2.20. The summed E-state index contributed by atoms with van der Waals surface area (Å²) in [4.78, 5) is 4.58.